The number of nitrogens with one attached hydrogen (secondary N) is 2. The van der Waals surface area contributed by atoms with Gasteiger partial charge < -0.3 is 20.9 Å². The Bertz CT molecular complexity index is 591. The predicted molar refractivity (Wildman–Crippen MR) is 77.5 cm³/mol. The van der Waals surface area contributed by atoms with Crippen molar-refractivity contribution in [3.05, 3.63) is 17.0 Å². The molecule has 0 fully saturated rings. The van der Waals surface area contributed by atoms with Gasteiger partial charge in [0.15, 0.2) is 11.0 Å². The number of aryl methyl sites for hydroxylation is 1. The highest BCUT2D eigenvalue weighted by Gasteiger charge is 2.16. The average Bonchev–Trinajstić information content (AvgIpc) is 3.00. The van der Waals surface area contributed by atoms with Gasteiger partial charge in [-0.05, 0) is 6.42 Å². The van der Waals surface area contributed by atoms with Gasteiger partial charge in [-0.1, -0.05) is 18.3 Å². The van der Waals surface area contributed by atoms with Gasteiger partial charge in [-0.15, -0.1) is 10.2 Å². The summed E-state index contributed by atoms with van der Waals surface area (Å²) in [6.07, 6.45) is 2.56. The number of rotatable bonds is 6. The minimum absolute atomic E-state index is 0.240. The first-order valence-corrected chi connectivity index (χ1v) is 7.04. The van der Waals surface area contributed by atoms with Crippen LogP contribution < -0.4 is 16.4 Å². The molecule has 0 saturated heterocycles. The lowest BCUT2D eigenvalue weighted by Gasteiger charge is -2.02. The minimum Gasteiger partial charge on any atom is -0.382 e. The van der Waals surface area contributed by atoms with Crippen molar-refractivity contribution in [3.8, 4) is 0 Å². The third-order valence-electron chi connectivity index (χ3n) is 2.60. The number of thiazole rings is 1. The Morgan fingerprint density at radius 1 is 1.55 bits per heavy atom. The first-order chi connectivity index (χ1) is 9.61. The molecule has 1 amide bonds. The fourth-order valence-corrected chi connectivity index (χ4v) is 2.34. The molecule has 0 radical (unpaired) electrons. The topological polar surface area (TPSA) is 111 Å². The normalized spacial score (nSPS) is 10.5. The molecular weight excluding hydrogens is 278 g/mol. The molecule has 2 aromatic rings. The molecule has 108 valence electrons. The van der Waals surface area contributed by atoms with Gasteiger partial charge in [-0.2, -0.15) is 0 Å². The highest BCUT2D eigenvalue weighted by atomic mass is 32.1. The van der Waals surface area contributed by atoms with Crippen LogP contribution in [0.25, 0.3) is 0 Å². The van der Waals surface area contributed by atoms with Crippen molar-refractivity contribution in [3.63, 3.8) is 0 Å². The van der Waals surface area contributed by atoms with Crippen molar-refractivity contribution in [1.29, 1.82) is 0 Å². The highest BCUT2D eigenvalue weighted by molar-refractivity contribution is 7.18. The summed E-state index contributed by atoms with van der Waals surface area (Å²) in [6.45, 7) is 3.15. The molecule has 0 aliphatic heterocycles. The summed E-state index contributed by atoms with van der Waals surface area (Å²) in [4.78, 5) is 16.6. The first kappa shape index (κ1) is 14.3. The molecule has 0 aromatic carbocycles. The Hall–Kier alpha value is -2.16. The van der Waals surface area contributed by atoms with Crippen LogP contribution in [0.15, 0.2) is 6.33 Å². The van der Waals surface area contributed by atoms with E-state index in [-0.39, 0.29) is 11.7 Å². The summed E-state index contributed by atoms with van der Waals surface area (Å²) in [5.74, 6) is 0.655. The number of hydrogen-bond donors (Lipinski definition) is 3. The lowest BCUT2D eigenvalue weighted by molar-refractivity contribution is 0.0954. The summed E-state index contributed by atoms with van der Waals surface area (Å²) in [5.41, 5.74) is 5.76. The van der Waals surface area contributed by atoms with E-state index in [0.29, 0.717) is 22.4 Å². The molecule has 8 nitrogen and oxygen atoms in total. The molecule has 0 saturated carbocycles. The van der Waals surface area contributed by atoms with Gasteiger partial charge in [0.25, 0.3) is 5.91 Å². The third-order valence-corrected chi connectivity index (χ3v) is 3.63. The predicted octanol–water partition coefficient (Wildman–Crippen LogP) is 0.606. The van der Waals surface area contributed by atoms with Crippen LogP contribution in [0.4, 0.5) is 10.9 Å². The molecule has 0 spiro atoms. The minimum atomic E-state index is -0.257. The molecule has 20 heavy (non-hydrogen) atoms. The molecule has 4 N–H and O–H groups in total. The van der Waals surface area contributed by atoms with Gasteiger partial charge in [-0.25, -0.2) is 4.98 Å². The number of anilines is 2. The van der Waals surface area contributed by atoms with E-state index < -0.39 is 0 Å². The number of hydrogen-bond acceptors (Lipinski definition) is 7. The van der Waals surface area contributed by atoms with Gasteiger partial charge in [-0.3, -0.25) is 4.79 Å². The Balaban J connectivity index is 1.98. The summed E-state index contributed by atoms with van der Waals surface area (Å²) < 4.78 is 1.74. The molecule has 9 heteroatoms. The molecule has 0 unspecified atom stereocenters. The lowest BCUT2D eigenvalue weighted by Crippen LogP contribution is -2.24. The maximum Gasteiger partial charge on any atom is 0.265 e. The number of nitrogen functional groups attached to an aromatic ring is 1. The second kappa shape index (κ2) is 6.33. The summed E-state index contributed by atoms with van der Waals surface area (Å²) in [6, 6.07) is 0. The van der Waals surface area contributed by atoms with Gasteiger partial charge in [0.05, 0.1) is 6.54 Å². The van der Waals surface area contributed by atoms with E-state index in [0.717, 1.165) is 13.0 Å². The van der Waals surface area contributed by atoms with Crippen LogP contribution in [0.3, 0.4) is 0 Å². The molecule has 0 bridgehead atoms. The van der Waals surface area contributed by atoms with E-state index in [9.17, 15) is 4.79 Å². The molecule has 0 aliphatic carbocycles. The number of carbonyl (C=O) groups excluding carboxylic acids is 1. The van der Waals surface area contributed by atoms with Crippen LogP contribution in [0, 0.1) is 0 Å². The van der Waals surface area contributed by atoms with Crippen LogP contribution in [-0.4, -0.2) is 32.2 Å². The van der Waals surface area contributed by atoms with Crippen LogP contribution in [0.1, 0.15) is 28.8 Å². The van der Waals surface area contributed by atoms with Crippen molar-refractivity contribution in [1.82, 2.24) is 25.1 Å². The Morgan fingerprint density at radius 3 is 3.00 bits per heavy atom. The first-order valence-electron chi connectivity index (χ1n) is 6.23. The molecule has 2 heterocycles. The summed E-state index contributed by atoms with van der Waals surface area (Å²) in [7, 11) is 1.81. The number of nitrogens with two attached hydrogens (primary N) is 1. The van der Waals surface area contributed by atoms with E-state index in [1.165, 1.54) is 11.3 Å². The quantitative estimate of drug-likeness (QED) is 0.720. The summed E-state index contributed by atoms with van der Waals surface area (Å²) >= 11 is 1.25. The lowest BCUT2D eigenvalue weighted by atomic mass is 10.4. The smallest absolute Gasteiger partial charge is 0.265 e. The molecule has 2 rings (SSSR count). The SMILES string of the molecule is CCCNc1nc(N)c(C(=O)NCc2nncn2C)s1. The molecule has 0 atom stereocenters. The second-order valence-electron chi connectivity index (χ2n) is 4.20. The second-order valence-corrected chi connectivity index (χ2v) is 5.20. The maximum absolute atomic E-state index is 12.1. The van der Waals surface area contributed by atoms with Gasteiger partial charge in [0.1, 0.15) is 17.0 Å². The van der Waals surface area contributed by atoms with Gasteiger partial charge in [0, 0.05) is 13.6 Å². The zero-order valence-electron chi connectivity index (χ0n) is 11.4. The van der Waals surface area contributed by atoms with Crippen LogP contribution in [0.5, 0.6) is 0 Å². The Morgan fingerprint density at radius 2 is 2.35 bits per heavy atom. The largest absolute Gasteiger partial charge is 0.382 e. The third kappa shape index (κ3) is 3.23. The van der Waals surface area contributed by atoms with Crippen molar-refractivity contribution in [2.45, 2.75) is 19.9 Å². The summed E-state index contributed by atoms with van der Waals surface area (Å²) in [5, 5.41) is 14.2. The van der Waals surface area contributed by atoms with Crippen molar-refractivity contribution < 1.29 is 4.79 Å². The van der Waals surface area contributed by atoms with Gasteiger partial charge >= 0.3 is 0 Å². The van der Waals surface area contributed by atoms with E-state index in [4.69, 9.17) is 5.73 Å². The Kier molecular flexibility index (Phi) is 4.51. The van der Waals surface area contributed by atoms with Crippen LogP contribution in [0.2, 0.25) is 0 Å². The van der Waals surface area contributed by atoms with E-state index >= 15 is 0 Å². The standard InChI is InChI=1S/C11H17N7OS/c1-3-4-13-11-16-9(12)8(20-11)10(19)14-5-7-17-15-6-18(7)2/h6H,3-5,12H2,1-2H3,(H,13,16)(H,14,19). The van der Waals surface area contributed by atoms with E-state index in [2.05, 4.69) is 32.7 Å². The number of carbonyl (C=O) groups is 1. The molecular formula is C11H17N7OS. The highest BCUT2D eigenvalue weighted by Crippen LogP contribution is 2.24. The van der Waals surface area contributed by atoms with E-state index in [1.54, 1.807) is 10.9 Å². The average molecular weight is 295 g/mol. The number of nitrogens with zero attached hydrogens (tertiary/aromatic N) is 4. The molecule has 2 aromatic heterocycles. The monoisotopic (exact) mass is 295 g/mol. The van der Waals surface area contributed by atoms with Crippen molar-refractivity contribution >= 4 is 28.2 Å². The molecule has 0 aliphatic rings. The Labute approximate surface area is 120 Å². The van der Waals surface area contributed by atoms with Crippen molar-refractivity contribution in [2.75, 3.05) is 17.6 Å². The van der Waals surface area contributed by atoms with Crippen LogP contribution >= 0.6 is 11.3 Å². The number of aromatic nitrogens is 4. The van der Waals surface area contributed by atoms with Gasteiger partial charge in [0.2, 0.25) is 0 Å². The maximum atomic E-state index is 12.1. The number of amides is 1. The fraction of sp³-hybridized carbons (Fsp3) is 0.455. The zero-order valence-corrected chi connectivity index (χ0v) is 12.2. The van der Waals surface area contributed by atoms with Crippen molar-refractivity contribution in [2.24, 2.45) is 7.05 Å². The fourth-order valence-electron chi connectivity index (χ4n) is 1.51. The van der Waals surface area contributed by atoms with Crippen LogP contribution in [-0.2, 0) is 13.6 Å². The zero-order chi connectivity index (χ0) is 14.5. The van der Waals surface area contributed by atoms with E-state index in [1.807, 2.05) is 7.05 Å².